The second kappa shape index (κ2) is 11.4. The van der Waals surface area contributed by atoms with E-state index in [9.17, 15) is 33.1 Å². The lowest BCUT2D eigenvalue weighted by molar-refractivity contribution is -0.163. The smallest absolute Gasteiger partial charge is 0.349 e. The van der Waals surface area contributed by atoms with Crippen molar-refractivity contribution in [2.75, 3.05) is 7.05 Å². The summed E-state index contributed by atoms with van der Waals surface area (Å²) >= 11 is 0. The highest BCUT2D eigenvalue weighted by Crippen LogP contribution is 2.26. The van der Waals surface area contributed by atoms with Crippen molar-refractivity contribution in [3.05, 3.63) is 35.9 Å². The van der Waals surface area contributed by atoms with Gasteiger partial charge in [0.2, 0.25) is 5.91 Å². The lowest BCUT2D eigenvalue weighted by atomic mass is 10.0. The van der Waals surface area contributed by atoms with Gasteiger partial charge in [0.15, 0.2) is 9.84 Å². The molecule has 2 atom stereocenters. The first kappa shape index (κ1) is 27.5. The quantitative estimate of drug-likeness (QED) is 0.296. The molecule has 0 aromatic heterocycles. The average Bonchev–Trinajstić information content (AvgIpc) is 2.73. The molecule has 0 bridgehead atoms. The van der Waals surface area contributed by atoms with Crippen molar-refractivity contribution in [2.45, 2.75) is 63.2 Å². The van der Waals surface area contributed by atoms with Crippen LogP contribution >= 0.6 is 0 Å². The van der Waals surface area contributed by atoms with E-state index in [-0.39, 0.29) is 23.2 Å². The number of amides is 4. The topological polar surface area (TPSA) is 153 Å². The van der Waals surface area contributed by atoms with Gasteiger partial charge in [0.05, 0.1) is 10.5 Å². The molecule has 0 saturated heterocycles. The predicted molar refractivity (Wildman–Crippen MR) is 118 cm³/mol. The third kappa shape index (κ3) is 7.01. The van der Waals surface area contributed by atoms with Crippen LogP contribution < -0.4 is 10.6 Å². The molecule has 10 nitrogen and oxygen atoms in total. The van der Waals surface area contributed by atoms with Crippen LogP contribution in [0.4, 0.5) is 4.79 Å². The van der Waals surface area contributed by atoms with E-state index < -0.39 is 44.6 Å². The number of hydrogen-bond acceptors (Lipinski definition) is 7. The fourth-order valence-electron chi connectivity index (χ4n) is 2.90. The van der Waals surface area contributed by atoms with Crippen LogP contribution in [0, 0.1) is 5.92 Å². The number of carbonyl (C=O) groups is 3. The van der Waals surface area contributed by atoms with Crippen LogP contribution in [0.5, 0.6) is 0 Å². The molecule has 0 aliphatic rings. The van der Waals surface area contributed by atoms with Crippen molar-refractivity contribution >= 4 is 27.7 Å². The zero-order valence-electron chi connectivity index (χ0n) is 19.0. The fourth-order valence-corrected chi connectivity index (χ4v) is 4.43. The molecule has 4 amide bonds. The normalized spacial score (nSPS) is 13.9. The molecule has 0 fully saturated rings. The molecule has 0 unspecified atom stereocenters. The van der Waals surface area contributed by atoms with E-state index in [0.29, 0.717) is 12.0 Å². The summed E-state index contributed by atoms with van der Waals surface area (Å²) in [7, 11) is -2.74. The Bertz CT molecular complexity index is 901. The van der Waals surface area contributed by atoms with Gasteiger partial charge in [-0.05, 0) is 38.2 Å². The standard InChI is InChI=1S/C21H33N3O7S/c1-14(2)11-12-16(25)19(27)24(29)20(28)23-17(18(26)22-5)21(3,4)32(30,31)13-15-9-7-6-8-10-15/h6-10,14,16-17,25,29H,11-13H2,1-5H3,(H,22,26)(H,23,28)/t16-,17-/m0/s1. The van der Waals surface area contributed by atoms with Gasteiger partial charge in [0.1, 0.15) is 12.1 Å². The van der Waals surface area contributed by atoms with Crippen LogP contribution in [0.3, 0.4) is 0 Å². The van der Waals surface area contributed by atoms with E-state index in [1.165, 1.54) is 20.9 Å². The third-order valence-corrected chi connectivity index (χ3v) is 7.73. The van der Waals surface area contributed by atoms with Crippen LogP contribution in [0.25, 0.3) is 0 Å². The maximum Gasteiger partial charge on any atom is 0.349 e. The number of hydrogen-bond donors (Lipinski definition) is 4. The molecule has 1 rings (SSSR count). The summed E-state index contributed by atoms with van der Waals surface area (Å²) < 4.78 is 24.4. The van der Waals surface area contributed by atoms with E-state index in [2.05, 4.69) is 10.6 Å². The first-order valence-electron chi connectivity index (χ1n) is 10.2. The molecule has 1 aromatic rings. The zero-order chi connectivity index (χ0) is 24.7. The van der Waals surface area contributed by atoms with Gasteiger partial charge in [-0.1, -0.05) is 44.2 Å². The van der Waals surface area contributed by atoms with Crippen molar-refractivity contribution in [3.8, 4) is 0 Å². The number of imide groups is 1. The number of aliphatic hydroxyl groups excluding tert-OH is 1. The van der Waals surface area contributed by atoms with Gasteiger partial charge in [-0.25, -0.2) is 13.2 Å². The molecule has 180 valence electrons. The number of benzene rings is 1. The lowest BCUT2D eigenvalue weighted by Gasteiger charge is -2.33. The van der Waals surface area contributed by atoms with Gasteiger partial charge in [-0.3, -0.25) is 14.8 Å². The monoisotopic (exact) mass is 471 g/mol. The molecule has 0 aliphatic heterocycles. The van der Waals surface area contributed by atoms with E-state index in [1.54, 1.807) is 30.3 Å². The molecule has 0 aliphatic carbocycles. The minimum Gasteiger partial charge on any atom is -0.383 e. The summed E-state index contributed by atoms with van der Waals surface area (Å²) in [6, 6.07) is 5.27. The van der Waals surface area contributed by atoms with Crippen LogP contribution in [0.2, 0.25) is 0 Å². The zero-order valence-corrected chi connectivity index (χ0v) is 19.8. The number of hydroxylamine groups is 2. The number of sulfone groups is 1. The number of carbonyl (C=O) groups excluding carboxylic acids is 3. The Morgan fingerprint density at radius 3 is 2.16 bits per heavy atom. The van der Waals surface area contributed by atoms with Gasteiger partial charge < -0.3 is 15.7 Å². The number of aliphatic hydroxyl groups is 1. The van der Waals surface area contributed by atoms with E-state index in [1.807, 2.05) is 13.8 Å². The van der Waals surface area contributed by atoms with Crippen LogP contribution in [-0.4, -0.2) is 65.6 Å². The largest absolute Gasteiger partial charge is 0.383 e. The number of urea groups is 1. The molecule has 32 heavy (non-hydrogen) atoms. The van der Waals surface area contributed by atoms with Crippen LogP contribution in [0.15, 0.2) is 30.3 Å². The van der Waals surface area contributed by atoms with E-state index in [0.717, 1.165) is 0 Å². The Hall–Kier alpha value is -2.50. The Morgan fingerprint density at radius 2 is 1.66 bits per heavy atom. The molecule has 0 spiro atoms. The summed E-state index contributed by atoms with van der Waals surface area (Å²) in [6.45, 7) is 6.30. The van der Waals surface area contributed by atoms with Gasteiger partial charge in [-0.2, -0.15) is 0 Å². The third-order valence-electron chi connectivity index (χ3n) is 5.18. The van der Waals surface area contributed by atoms with Gasteiger partial charge in [-0.15, -0.1) is 5.06 Å². The highest BCUT2D eigenvalue weighted by Gasteiger charge is 2.47. The maximum absolute atomic E-state index is 13.1. The van der Waals surface area contributed by atoms with Crippen molar-refractivity contribution in [3.63, 3.8) is 0 Å². The summed E-state index contributed by atoms with van der Waals surface area (Å²) in [5.74, 6) is -2.31. The maximum atomic E-state index is 13.1. The van der Waals surface area contributed by atoms with Crippen LogP contribution in [0.1, 0.15) is 46.1 Å². The van der Waals surface area contributed by atoms with Crippen molar-refractivity contribution in [1.82, 2.24) is 15.7 Å². The van der Waals surface area contributed by atoms with Crippen LogP contribution in [-0.2, 0) is 25.2 Å². The Morgan fingerprint density at radius 1 is 1.09 bits per heavy atom. The summed E-state index contributed by atoms with van der Waals surface area (Å²) in [6.07, 6.45) is -1.12. The van der Waals surface area contributed by atoms with Gasteiger partial charge in [0.25, 0.3) is 5.91 Å². The lowest BCUT2D eigenvalue weighted by Crippen LogP contribution is -2.62. The Kier molecular flexibility index (Phi) is 9.80. The van der Waals surface area contributed by atoms with Crippen molar-refractivity contribution in [1.29, 1.82) is 0 Å². The van der Waals surface area contributed by atoms with Gasteiger partial charge >= 0.3 is 6.03 Å². The number of rotatable bonds is 10. The molecule has 0 saturated carbocycles. The second-order valence-electron chi connectivity index (χ2n) is 8.48. The summed E-state index contributed by atoms with van der Waals surface area (Å²) in [4.78, 5) is 37.1. The average molecular weight is 472 g/mol. The van der Waals surface area contributed by atoms with E-state index >= 15 is 0 Å². The number of nitrogens with one attached hydrogen (secondary N) is 2. The van der Waals surface area contributed by atoms with Crippen molar-refractivity contribution < 1.29 is 33.1 Å². The molecule has 1 aromatic carbocycles. The second-order valence-corrected chi connectivity index (χ2v) is 11.1. The highest BCUT2D eigenvalue weighted by molar-refractivity contribution is 7.92. The van der Waals surface area contributed by atoms with Gasteiger partial charge in [0, 0.05) is 7.05 Å². The Balaban J connectivity index is 3.08. The molecule has 11 heteroatoms. The van der Waals surface area contributed by atoms with E-state index in [4.69, 9.17) is 0 Å². The highest BCUT2D eigenvalue weighted by atomic mass is 32.2. The fraction of sp³-hybridized carbons (Fsp3) is 0.571. The molecular formula is C21H33N3O7S. The summed E-state index contributed by atoms with van der Waals surface area (Å²) in [5.41, 5.74) is 0.495. The minimum absolute atomic E-state index is 0.0245. The predicted octanol–water partition coefficient (Wildman–Crippen LogP) is 1.22. The SMILES string of the molecule is CNC(=O)[C@H](NC(=O)N(O)C(=O)[C@@H](O)CCC(C)C)C(C)(C)S(=O)(=O)Cc1ccccc1. The first-order valence-corrected chi connectivity index (χ1v) is 11.9. The molecule has 0 radical (unpaired) electrons. The molecule has 0 heterocycles. The first-order chi connectivity index (χ1) is 14.7. The number of nitrogens with zero attached hydrogens (tertiary/aromatic N) is 1. The number of likely N-dealkylation sites (N-methyl/N-ethyl adjacent to an activating group) is 1. The Labute approximate surface area is 188 Å². The van der Waals surface area contributed by atoms with Crippen molar-refractivity contribution in [2.24, 2.45) is 5.92 Å². The minimum atomic E-state index is -4.00. The summed E-state index contributed by atoms with van der Waals surface area (Å²) in [5, 5.41) is 23.9. The molecule has 4 N–H and O–H groups in total. The molecular weight excluding hydrogens is 438 g/mol.